The molecule has 3 rings (SSSR count). The van der Waals surface area contributed by atoms with Crippen molar-refractivity contribution in [2.45, 2.75) is 99.1 Å². The predicted molar refractivity (Wildman–Crippen MR) is 162 cm³/mol. The lowest BCUT2D eigenvalue weighted by molar-refractivity contribution is -0.667. The van der Waals surface area contributed by atoms with Crippen molar-refractivity contribution in [3.05, 3.63) is 51.1 Å². The molecule has 2 aromatic heterocycles. The Morgan fingerprint density at radius 3 is 2.57 bits per heavy atom. The highest BCUT2D eigenvalue weighted by Gasteiger charge is 2.27. The number of unbranched alkanes of at least 4 members (excludes halogenated alkanes) is 2. The van der Waals surface area contributed by atoms with E-state index in [0.29, 0.717) is 23.3 Å². The molecule has 0 bridgehead atoms. The van der Waals surface area contributed by atoms with Gasteiger partial charge < -0.3 is 28.4 Å². The van der Waals surface area contributed by atoms with Crippen LogP contribution in [0, 0.1) is 0 Å². The summed E-state index contributed by atoms with van der Waals surface area (Å²) in [6.45, 7) is 12.3. The van der Waals surface area contributed by atoms with E-state index >= 15 is 0 Å². The number of carbonyl (C=O) groups is 1. The molecule has 14 heteroatoms. The third kappa shape index (κ3) is 11.2. The summed E-state index contributed by atoms with van der Waals surface area (Å²) >= 11 is 0. The molecule has 238 valence electrons. The second-order valence-corrected chi connectivity index (χ2v) is 9.86. The molecule has 0 aromatic carbocycles. The Hall–Kier alpha value is -2.67. The number of hydrogen-bond acceptors (Lipinski definition) is 9. The summed E-state index contributed by atoms with van der Waals surface area (Å²) in [7, 11) is -0.817. The van der Waals surface area contributed by atoms with E-state index in [9.17, 15) is 14.4 Å². The molecular weight excluding hydrogens is 565 g/mol. The molecule has 42 heavy (non-hydrogen) atoms. The molecule has 0 aliphatic carbocycles. The molecule has 0 amide bonds. The average Bonchev–Trinajstić information content (AvgIpc) is 3.64. The normalized spacial score (nSPS) is 16.9. The lowest BCUT2D eigenvalue weighted by Gasteiger charge is -2.11. The van der Waals surface area contributed by atoms with Crippen molar-refractivity contribution in [2.24, 2.45) is 7.05 Å². The Morgan fingerprint density at radius 1 is 1.19 bits per heavy atom. The third-order valence-corrected chi connectivity index (χ3v) is 6.65. The molecule has 1 fully saturated rings. The number of aromatic nitrogens is 4. The van der Waals surface area contributed by atoms with Gasteiger partial charge in [0.15, 0.2) is 17.4 Å². The number of hydrogen-bond donors (Lipinski definition) is 3. The van der Waals surface area contributed by atoms with Gasteiger partial charge >= 0.3 is 20.3 Å². The van der Waals surface area contributed by atoms with Crippen molar-refractivity contribution in [1.82, 2.24) is 18.7 Å². The maximum absolute atomic E-state index is 13.1. The fourth-order valence-corrected chi connectivity index (χ4v) is 4.47. The zero-order valence-corrected chi connectivity index (χ0v) is 26.9. The fraction of sp³-hybridized carbons (Fsp3) is 0.643. The molecule has 13 nitrogen and oxygen atoms in total. The van der Waals surface area contributed by atoms with Crippen LogP contribution in [0.15, 0.2) is 39.8 Å². The summed E-state index contributed by atoms with van der Waals surface area (Å²) in [6.07, 6.45) is 10.8. The van der Waals surface area contributed by atoms with Crippen LogP contribution < -0.4 is 16.6 Å². The largest absolute Gasteiger partial charge is 0.460 e. The quantitative estimate of drug-likeness (QED) is 0.0953. The van der Waals surface area contributed by atoms with Crippen LogP contribution in [0.25, 0.3) is 11.2 Å². The number of esters is 1. The minimum Gasteiger partial charge on any atom is -0.460 e. The maximum Gasteiger partial charge on any atom is 0.333 e. The van der Waals surface area contributed by atoms with Crippen LogP contribution in [0.2, 0.25) is 0 Å². The Morgan fingerprint density at radius 2 is 1.90 bits per heavy atom. The number of aryl methyl sites for hydroxylation is 2. The number of quaternary nitrogens is 1. The number of imidazole rings is 1. The number of carbonyl (C=O) groups excluding carboxylic acids is 1. The minimum absolute atomic E-state index is 0.0669. The number of allylic oxidation sites excluding steroid dienone is 2. The van der Waals surface area contributed by atoms with Crippen LogP contribution in [0.3, 0.4) is 0 Å². The van der Waals surface area contributed by atoms with E-state index in [1.165, 1.54) is 4.57 Å². The van der Waals surface area contributed by atoms with Crippen LogP contribution in [-0.4, -0.2) is 60.0 Å². The van der Waals surface area contributed by atoms with Crippen molar-refractivity contribution >= 4 is 25.7 Å². The molecule has 4 N–H and O–H groups in total. The molecule has 2 aromatic rings. The van der Waals surface area contributed by atoms with Gasteiger partial charge in [0.1, 0.15) is 6.61 Å². The van der Waals surface area contributed by atoms with Gasteiger partial charge in [-0.25, -0.2) is 14.6 Å². The second-order valence-electron chi connectivity index (χ2n) is 9.10. The van der Waals surface area contributed by atoms with E-state index in [0.717, 1.165) is 36.7 Å². The first-order chi connectivity index (χ1) is 20.2. The molecule has 1 saturated heterocycles. The highest BCUT2D eigenvalue weighted by atomic mass is 31.2. The van der Waals surface area contributed by atoms with Crippen LogP contribution in [0.5, 0.6) is 0 Å². The summed E-state index contributed by atoms with van der Waals surface area (Å²) in [5, 5.41) is 1.85. The molecule has 1 aliphatic rings. The summed E-state index contributed by atoms with van der Waals surface area (Å²) in [5.41, 5.74) is 0.0970. The van der Waals surface area contributed by atoms with E-state index < -0.39 is 25.8 Å². The van der Waals surface area contributed by atoms with Crippen molar-refractivity contribution < 1.29 is 33.9 Å². The summed E-state index contributed by atoms with van der Waals surface area (Å²) in [6, 6.07) is 0. The number of nitrogens with zero attached hydrogens (tertiary/aromatic N) is 4. The lowest BCUT2D eigenvalue weighted by Crippen LogP contribution is -2.84. The Balaban J connectivity index is 0.00000211. The van der Waals surface area contributed by atoms with Gasteiger partial charge in [0.2, 0.25) is 0 Å². The lowest BCUT2D eigenvalue weighted by atomic mass is 10.2. The Bertz CT molecular complexity index is 1270. The zero-order valence-electron chi connectivity index (χ0n) is 26.0. The van der Waals surface area contributed by atoms with E-state index in [4.69, 9.17) is 23.8 Å². The third-order valence-electron chi connectivity index (χ3n) is 6.27. The van der Waals surface area contributed by atoms with E-state index in [1.54, 1.807) is 43.2 Å². The highest BCUT2D eigenvalue weighted by molar-refractivity contribution is 7.39. The monoisotopic (exact) mass is 614 g/mol. The van der Waals surface area contributed by atoms with Gasteiger partial charge in [0.05, 0.1) is 31.8 Å². The Labute approximate surface area is 248 Å². The Kier molecular flexibility index (Phi) is 18.0. The van der Waals surface area contributed by atoms with Crippen molar-refractivity contribution in [2.75, 3.05) is 13.2 Å². The van der Waals surface area contributed by atoms with Gasteiger partial charge in [-0.2, -0.15) is 0 Å². The standard InChI is InChI=1S/C24H36N5O8P.2C2H6/c1-4-5-6-12-28-16-26-21-20(28)22(30)29(24(32)27(21)3)13-14-35-23(31)17(2)8-7-11-25-19-10-9-18(37-19)15-36-38(33)34;2*1-2/h7-8,11,16,18-19,25,33-34H,4-6,9-10,12-15H2,1-3H3;2*1-2H3/p+1/b11-7-,17-8+;;. The molecule has 0 spiro atoms. The van der Waals surface area contributed by atoms with Crippen molar-refractivity contribution in [3.63, 3.8) is 0 Å². The maximum atomic E-state index is 13.1. The zero-order chi connectivity index (χ0) is 31.7. The molecule has 2 atom stereocenters. The van der Waals surface area contributed by atoms with Gasteiger partial charge in [0.25, 0.3) is 5.56 Å². The average molecular weight is 615 g/mol. The number of rotatable bonds is 14. The SMILES string of the molecule is CC.CC.CCCCCn1cnc2c1c(=O)n(CCOC(=O)/C(C)=C/C=C\[NH2+]C1CCC(COP(O)O)O1)c(=O)n2C. The molecule has 0 radical (unpaired) electrons. The summed E-state index contributed by atoms with van der Waals surface area (Å²) in [4.78, 5) is 60.1. The van der Waals surface area contributed by atoms with E-state index in [-0.39, 0.29) is 32.1 Å². The molecule has 2 unspecified atom stereocenters. The molecular formula is C28H49N5O8P+. The van der Waals surface area contributed by atoms with Gasteiger partial charge in [-0.05, 0) is 31.9 Å². The first-order valence-electron chi connectivity index (χ1n) is 14.7. The topological polar surface area (TPSA) is 164 Å². The van der Waals surface area contributed by atoms with Gasteiger partial charge in [-0.3, -0.25) is 19.2 Å². The highest BCUT2D eigenvalue weighted by Crippen LogP contribution is 2.27. The van der Waals surface area contributed by atoms with Gasteiger partial charge in [-0.1, -0.05) is 47.5 Å². The predicted octanol–water partition coefficient (Wildman–Crippen LogP) is 2.44. The number of ether oxygens (including phenoxy) is 2. The van der Waals surface area contributed by atoms with E-state index in [2.05, 4.69) is 11.9 Å². The summed E-state index contributed by atoms with van der Waals surface area (Å²) in [5.74, 6) is -0.552. The molecule has 0 saturated carbocycles. The van der Waals surface area contributed by atoms with Gasteiger partial charge in [0, 0.05) is 25.6 Å². The fourth-order valence-electron chi connectivity index (χ4n) is 4.17. The second kappa shape index (κ2) is 20.3. The van der Waals surface area contributed by atoms with E-state index in [1.807, 2.05) is 33.0 Å². The minimum atomic E-state index is -2.38. The van der Waals surface area contributed by atoms with Crippen LogP contribution in [0.4, 0.5) is 0 Å². The molecule has 3 heterocycles. The number of fused-ring (bicyclic) bond motifs is 1. The van der Waals surface area contributed by atoms with Crippen LogP contribution in [0.1, 0.15) is 73.6 Å². The first-order valence-corrected chi connectivity index (χ1v) is 15.9. The van der Waals surface area contributed by atoms with Gasteiger partial charge in [-0.15, -0.1) is 0 Å². The van der Waals surface area contributed by atoms with Crippen LogP contribution >= 0.6 is 8.60 Å². The summed E-state index contributed by atoms with van der Waals surface area (Å²) < 4.78 is 20.0. The first kappa shape index (κ1) is 37.4. The van der Waals surface area contributed by atoms with Crippen molar-refractivity contribution in [1.29, 1.82) is 0 Å². The molecule has 1 aliphatic heterocycles. The smallest absolute Gasteiger partial charge is 0.333 e. The van der Waals surface area contributed by atoms with Crippen molar-refractivity contribution in [3.8, 4) is 0 Å². The van der Waals surface area contributed by atoms with Crippen LogP contribution in [-0.2, 0) is 38.9 Å². The number of nitrogens with two attached hydrogens (primary N) is 1.